The Bertz CT molecular complexity index is 1190. The van der Waals surface area contributed by atoms with Gasteiger partial charge in [0.15, 0.2) is 0 Å². The number of carbonyl (C=O) groups is 4. The van der Waals surface area contributed by atoms with Crippen molar-refractivity contribution in [1.82, 2.24) is 10.6 Å². The number of ether oxygens (including phenoxy) is 1. The summed E-state index contributed by atoms with van der Waals surface area (Å²) in [6.07, 6.45) is 47.3. The molecule has 4 N–H and O–H groups in total. The van der Waals surface area contributed by atoms with Gasteiger partial charge in [0, 0.05) is 12.8 Å². The number of amides is 2. The van der Waals surface area contributed by atoms with Crippen molar-refractivity contribution in [2.45, 2.75) is 135 Å². The first-order valence-corrected chi connectivity index (χ1v) is 19.1. The highest BCUT2D eigenvalue weighted by molar-refractivity contribution is 5.87. The minimum absolute atomic E-state index is 0.170. The number of carbonyl (C=O) groups excluding carboxylic acids is 3. The number of carboxylic acid groups (broad SMARTS) is 1. The van der Waals surface area contributed by atoms with Crippen LogP contribution in [0.4, 0.5) is 0 Å². The van der Waals surface area contributed by atoms with Gasteiger partial charge in [-0.15, -0.1) is 0 Å². The molecule has 2 amide bonds. The summed E-state index contributed by atoms with van der Waals surface area (Å²) in [4.78, 5) is 47.7. The van der Waals surface area contributed by atoms with Crippen molar-refractivity contribution in [3.8, 4) is 0 Å². The van der Waals surface area contributed by atoms with E-state index in [0.717, 1.165) is 70.6 Å². The molecule has 0 bridgehead atoms. The van der Waals surface area contributed by atoms with Crippen LogP contribution in [0, 0.1) is 0 Å². The number of aliphatic hydroxyl groups is 1. The van der Waals surface area contributed by atoms with Gasteiger partial charge in [-0.1, -0.05) is 111 Å². The minimum atomic E-state index is -1.42. The highest BCUT2D eigenvalue weighted by atomic mass is 16.5. The van der Waals surface area contributed by atoms with E-state index in [1.807, 2.05) is 12.2 Å². The number of allylic oxidation sites excluding steroid dienone is 15. The van der Waals surface area contributed by atoms with Crippen LogP contribution in [0.3, 0.4) is 0 Å². The van der Waals surface area contributed by atoms with Gasteiger partial charge in [0.05, 0.1) is 13.2 Å². The first kappa shape index (κ1) is 47.8. The Labute approximate surface area is 313 Å². The molecule has 2 unspecified atom stereocenters. The number of aliphatic carboxylic acids is 1. The van der Waals surface area contributed by atoms with E-state index in [9.17, 15) is 19.2 Å². The molecule has 0 spiro atoms. The lowest BCUT2D eigenvalue weighted by Crippen LogP contribution is -2.47. The molecule has 0 aliphatic rings. The number of rotatable bonds is 32. The molecule has 0 saturated heterocycles. The van der Waals surface area contributed by atoms with Crippen LogP contribution in [0.2, 0.25) is 0 Å². The van der Waals surface area contributed by atoms with Gasteiger partial charge in [-0.3, -0.25) is 14.4 Å². The number of hydrogen-bond acceptors (Lipinski definition) is 6. The SMILES string of the molecule is CC/C=C\C/C=C\C/C=C\C/C=C\C/C=C\C(CCCCC(=O)NCC(=O)NC(CO)C(=O)O)OC(=O)CCCCC/C=C\C/C=C\C/C=C\CC. The van der Waals surface area contributed by atoms with E-state index in [1.54, 1.807) is 0 Å². The Morgan fingerprint density at radius 2 is 1.10 bits per heavy atom. The van der Waals surface area contributed by atoms with Crippen LogP contribution in [-0.4, -0.2) is 59.3 Å². The van der Waals surface area contributed by atoms with E-state index in [4.69, 9.17) is 14.9 Å². The van der Waals surface area contributed by atoms with E-state index < -0.39 is 30.6 Å². The van der Waals surface area contributed by atoms with Crippen molar-refractivity contribution in [2.24, 2.45) is 0 Å². The monoisotopic (exact) mass is 722 g/mol. The van der Waals surface area contributed by atoms with Crippen molar-refractivity contribution >= 4 is 23.8 Å². The van der Waals surface area contributed by atoms with Gasteiger partial charge in [-0.2, -0.15) is 0 Å². The molecule has 0 radical (unpaired) electrons. The topological polar surface area (TPSA) is 142 Å². The summed E-state index contributed by atoms with van der Waals surface area (Å²) >= 11 is 0. The molecule has 9 nitrogen and oxygen atoms in total. The Morgan fingerprint density at radius 3 is 1.62 bits per heavy atom. The molecule has 0 aliphatic heterocycles. The van der Waals surface area contributed by atoms with Crippen LogP contribution in [0.25, 0.3) is 0 Å². The summed E-state index contributed by atoms with van der Waals surface area (Å²) in [5.41, 5.74) is 0. The largest absolute Gasteiger partial charge is 0.480 e. The first-order chi connectivity index (χ1) is 25.3. The summed E-state index contributed by atoms with van der Waals surface area (Å²) in [6.45, 7) is 3.13. The Kier molecular flexibility index (Phi) is 33.6. The van der Waals surface area contributed by atoms with Crippen LogP contribution in [0.1, 0.15) is 123 Å². The molecule has 0 aliphatic carbocycles. The molecule has 0 heterocycles. The zero-order chi connectivity index (χ0) is 38.3. The van der Waals surface area contributed by atoms with Gasteiger partial charge in [0.2, 0.25) is 11.8 Å². The van der Waals surface area contributed by atoms with Gasteiger partial charge in [-0.25, -0.2) is 4.79 Å². The van der Waals surface area contributed by atoms with Crippen LogP contribution in [0.5, 0.6) is 0 Å². The molecule has 0 fully saturated rings. The lowest BCUT2D eigenvalue weighted by atomic mass is 10.1. The second-order valence-electron chi connectivity index (χ2n) is 12.2. The minimum Gasteiger partial charge on any atom is -0.480 e. The van der Waals surface area contributed by atoms with E-state index >= 15 is 0 Å². The number of unbranched alkanes of at least 4 members (excludes halogenated alkanes) is 4. The fraction of sp³-hybridized carbons (Fsp3) is 0.535. The summed E-state index contributed by atoms with van der Waals surface area (Å²) in [5.74, 6) is -2.63. The normalized spacial score (nSPS) is 13.6. The highest BCUT2D eigenvalue weighted by Gasteiger charge is 2.19. The number of esters is 1. The van der Waals surface area contributed by atoms with E-state index in [-0.39, 0.29) is 24.8 Å². The summed E-state index contributed by atoms with van der Waals surface area (Å²) in [6, 6.07) is -1.42. The Hall–Kier alpha value is -4.24. The zero-order valence-electron chi connectivity index (χ0n) is 31.8. The first-order valence-electron chi connectivity index (χ1n) is 19.1. The van der Waals surface area contributed by atoms with E-state index in [2.05, 4.69) is 110 Å². The van der Waals surface area contributed by atoms with Gasteiger partial charge in [0.1, 0.15) is 12.1 Å². The van der Waals surface area contributed by atoms with Gasteiger partial charge >= 0.3 is 11.9 Å². The Balaban J connectivity index is 4.68. The smallest absolute Gasteiger partial charge is 0.328 e. The van der Waals surface area contributed by atoms with Crippen molar-refractivity contribution in [3.63, 3.8) is 0 Å². The van der Waals surface area contributed by atoms with Gasteiger partial charge in [0.25, 0.3) is 0 Å². The van der Waals surface area contributed by atoms with Gasteiger partial charge in [-0.05, 0) is 96.0 Å². The highest BCUT2D eigenvalue weighted by Crippen LogP contribution is 2.13. The van der Waals surface area contributed by atoms with Gasteiger partial charge < -0.3 is 25.6 Å². The van der Waals surface area contributed by atoms with Crippen molar-refractivity contribution in [1.29, 1.82) is 0 Å². The zero-order valence-corrected chi connectivity index (χ0v) is 31.8. The molecule has 9 heteroatoms. The number of carboxylic acids is 1. The third kappa shape index (κ3) is 32.9. The molecular formula is C43H66N2O7. The molecule has 290 valence electrons. The summed E-state index contributed by atoms with van der Waals surface area (Å²) < 4.78 is 5.80. The fourth-order valence-corrected chi connectivity index (χ4v) is 4.67. The van der Waals surface area contributed by atoms with E-state index in [0.29, 0.717) is 32.1 Å². The van der Waals surface area contributed by atoms with Crippen LogP contribution in [0.15, 0.2) is 97.2 Å². The number of aliphatic hydroxyl groups excluding tert-OH is 1. The van der Waals surface area contributed by atoms with Crippen molar-refractivity contribution in [3.05, 3.63) is 97.2 Å². The molecule has 0 aromatic carbocycles. The third-order valence-corrected chi connectivity index (χ3v) is 7.56. The maximum Gasteiger partial charge on any atom is 0.328 e. The standard InChI is InChI=1S/C43H66N2O7/c1-3-5-7-9-11-13-15-17-19-20-22-24-26-28-32-38(33-30-31-34-40(47)44-36-41(48)45-39(37-46)43(50)51)52-42(49)35-29-27-25-23-21-18-16-14-12-10-8-6-4-2/h5-8,11-14,17-19,21-22,24,28,32,38-39,46H,3-4,9-10,15-16,20,23,25-27,29-31,33-37H2,1-2H3,(H,44,47)(H,45,48)(H,50,51)/b7-5-,8-6-,13-11-,14-12-,19-17-,21-18-,24-22-,32-28-. The third-order valence-electron chi connectivity index (χ3n) is 7.56. The number of hydrogen-bond donors (Lipinski definition) is 4. The molecule has 0 saturated carbocycles. The quantitative estimate of drug-likeness (QED) is 0.0309. The predicted molar refractivity (Wildman–Crippen MR) is 212 cm³/mol. The fourth-order valence-electron chi connectivity index (χ4n) is 4.67. The lowest BCUT2D eigenvalue weighted by molar-refractivity contribution is -0.147. The van der Waals surface area contributed by atoms with Crippen LogP contribution >= 0.6 is 0 Å². The van der Waals surface area contributed by atoms with Crippen molar-refractivity contribution in [2.75, 3.05) is 13.2 Å². The van der Waals surface area contributed by atoms with Crippen LogP contribution < -0.4 is 10.6 Å². The second-order valence-corrected chi connectivity index (χ2v) is 12.2. The molecule has 0 aromatic rings. The molecule has 2 atom stereocenters. The summed E-state index contributed by atoms with van der Waals surface area (Å²) in [5, 5.41) is 22.5. The van der Waals surface area contributed by atoms with Crippen molar-refractivity contribution < 1.29 is 34.1 Å². The molecule has 0 rings (SSSR count). The maximum atomic E-state index is 12.7. The summed E-state index contributed by atoms with van der Waals surface area (Å²) in [7, 11) is 0. The number of nitrogens with one attached hydrogen (secondary N) is 2. The lowest BCUT2D eigenvalue weighted by Gasteiger charge is -2.15. The average Bonchev–Trinajstić information content (AvgIpc) is 3.13. The Morgan fingerprint density at radius 1 is 0.596 bits per heavy atom. The predicted octanol–water partition coefficient (Wildman–Crippen LogP) is 8.70. The molecule has 52 heavy (non-hydrogen) atoms. The average molecular weight is 723 g/mol. The van der Waals surface area contributed by atoms with Crippen LogP contribution in [-0.2, 0) is 23.9 Å². The molecular weight excluding hydrogens is 656 g/mol. The molecule has 0 aromatic heterocycles. The maximum absolute atomic E-state index is 12.7. The second kappa shape index (κ2) is 36.5. The van der Waals surface area contributed by atoms with E-state index in [1.165, 1.54) is 0 Å².